The summed E-state index contributed by atoms with van der Waals surface area (Å²) in [6.07, 6.45) is 5.06. The smallest absolute Gasteiger partial charge is 0.140 e. The Morgan fingerprint density at radius 1 is 1.38 bits per heavy atom. The molecule has 0 amide bonds. The second kappa shape index (κ2) is 3.13. The average Bonchev–Trinajstić information content (AvgIpc) is 2.55. The van der Waals surface area contributed by atoms with Crippen molar-refractivity contribution in [3.8, 4) is 5.75 Å². The van der Waals surface area contributed by atoms with Gasteiger partial charge < -0.3 is 9.14 Å². The van der Waals surface area contributed by atoms with E-state index in [1.807, 2.05) is 24.5 Å². The molecule has 0 spiro atoms. The van der Waals surface area contributed by atoms with E-state index in [1.54, 1.807) is 7.11 Å². The predicted octanol–water partition coefficient (Wildman–Crippen LogP) is 2.51. The van der Waals surface area contributed by atoms with Gasteiger partial charge in [-0.25, -0.2) is 0 Å². The van der Waals surface area contributed by atoms with Gasteiger partial charge in [0.25, 0.3) is 0 Å². The third-order valence-electron chi connectivity index (χ3n) is 2.33. The lowest BCUT2D eigenvalue weighted by Gasteiger charge is -1.98. The van der Waals surface area contributed by atoms with Crippen LogP contribution in [0.15, 0.2) is 30.6 Å². The molecule has 2 rings (SSSR count). The van der Waals surface area contributed by atoms with E-state index in [4.69, 9.17) is 4.74 Å². The number of hydrogen-bond donors (Lipinski definition) is 0. The number of rotatable bonds is 2. The maximum Gasteiger partial charge on any atom is 0.140 e. The number of ether oxygens (including phenoxy) is 1. The second-order valence-electron chi connectivity index (χ2n) is 3.02. The van der Waals surface area contributed by atoms with Crippen LogP contribution in [0.4, 0.5) is 0 Å². The molecular formula is C11H13NO. The molecule has 0 aliphatic carbocycles. The number of aryl methyl sites for hydroxylation is 1. The van der Waals surface area contributed by atoms with Crippen LogP contribution in [0.5, 0.6) is 5.75 Å². The van der Waals surface area contributed by atoms with Crippen molar-refractivity contribution in [1.82, 2.24) is 4.40 Å². The van der Waals surface area contributed by atoms with Crippen LogP contribution >= 0.6 is 0 Å². The summed E-state index contributed by atoms with van der Waals surface area (Å²) < 4.78 is 7.40. The lowest BCUT2D eigenvalue weighted by molar-refractivity contribution is 0.411. The maximum absolute atomic E-state index is 5.30. The van der Waals surface area contributed by atoms with E-state index in [0.29, 0.717) is 0 Å². The summed E-state index contributed by atoms with van der Waals surface area (Å²) in [4.78, 5) is 0. The van der Waals surface area contributed by atoms with Crippen molar-refractivity contribution in [1.29, 1.82) is 0 Å². The molecule has 2 aromatic heterocycles. The molecule has 0 aliphatic heterocycles. The van der Waals surface area contributed by atoms with Crippen molar-refractivity contribution < 1.29 is 4.74 Å². The molecule has 0 fully saturated rings. The molecule has 13 heavy (non-hydrogen) atoms. The van der Waals surface area contributed by atoms with Crippen LogP contribution in [-0.4, -0.2) is 11.5 Å². The fourth-order valence-electron chi connectivity index (χ4n) is 1.69. The van der Waals surface area contributed by atoms with Gasteiger partial charge in [-0.15, -0.1) is 0 Å². The minimum Gasteiger partial charge on any atom is -0.495 e. The normalized spacial score (nSPS) is 10.6. The molecule has 68 valence electrons. The molecule has 0 aromatic carbocycles. The zero-order chi connectivity index (χ0) is 9.26. The third-order valence-corrected chi connectivity index (χ3v) is 2.33. The largest absolute Gasteiger partial charge is 0.495 e. The number of nitrogens with zero attached hydrogens (tertiary/aromatic N) is 1. The van der Waals surface area contributed by atoms with Gasteiger partial charge in [0.15, 0.2) is 0 Å². The minimum atomic E-state index is 0.980. The molecule has 0 atom stereocenters. The van der Waals surface area contributed by atoms with Gasteiger partial charge in [0, 0.05) is 11.8 Å². The second-order valence-corrected chi connectivity index (χ2v) is 3.02. The van der Waals surface area contributed by atoms with Gasteiger partial charge in [0.2, 0.25) is 0 Å². The molecule has 2 heterocycles. The Morgan fingerprint density at radius 2 is 2.23 bits per heavy atom. The minimum absolute atomic E-state index is 0.980. The van der Waals surface area contributed by atoms with Crippen LogP contribution in [0.2, 0.25) is 0 Å². The van der Waals surface area contributed by atoms with Crippen molar-refractivity contribution in [3.63, 3.8) is 0 Å². The fraction of sp³-hybridized carbons (Fsp3) is 0.273. The van der Waals surface area contributed by atoms with E-state index < -0.39 is 0 Å². The topological polar surface area (TPSA) is 13.6 Å². The monoisotopic (exact) mass is 175 g/mol. The van der Waals surface area contributed by atoms with Gasteiger partial charge in [0.05, 0.1) is 18.8 Å². The molecule has 0 saturated carbocycles. The average molecular weight is 175 g/mol. The zero-order valence-corrected chi connectivity index (χ0v) is 7.95. The number of methoxy groups -OCH3 is 1. The Morgan fingerprint density at radius 3 is 2.92 bits per heavy atom. The van der Waals surface area contributed by atoms with Crippen molar-refractivity contribution in [2.75, 3.05) is 7.11 Å². The van der Waals surface area contributed by atoms with Gasteiger partial charge in [0.1, 0.15) is 5.75 Å². The Balaban J connectivity index is 2.73. The number of pyridine rings is 1. The molecule has 2 nitrogen and oxygen atoms in total. The fourth-order valence-corrected chi connectivity index (χ4v) is 1.69. The first-order valence-corrected chi connectivity index (χ1v) is 4.49. The predicted molar refractivity (Wildman–Crippen MR) is 53.3 cm³/mol. The lowest BCUT2D eigenvalue weighted by atomic mass is 10.2. The Hall–Kier alpha value is -1.44. The van der Waals surface area contributed by atoms with Gasteiger partial charge in [-0.3, -0.25) is 0 Å². The number of hydrogen-bond acceptors (Lipinski definition) is 1. The van der Waals surface area contributed by atoms with E-state index in [0.717, 1.165) is 12.2 Å². The van der Waals surface area contributed by atoms with Crippen molar-refractivity contribution >= 4 is 5.52 Å². The first kappa shape index (κ1) is 8.17. The summed E-state index contributed by atoms with van der Waals surface area (Å²) in [5, 5.41) is 0. The summed E-state index contributed by atoms with van der Waals surface area (Å²) in [6, 6.07) is 6.18. The van der Waals surface area contributed by atoms with Crippen molar-refractivity contribution in [3.05, 3.63) is 36.2 Å². The lowest BCUT2D eigenvalue weighted by Crippen LogP contribution is -1.85. The highest BCUT2D eigenvalue weighted by Gasteiger charge is 2.07. The molecule has 2 heteroatoms. The highest BCUT2D eigenvalue weighted by Crippen LogP contribution is 2.25. The highest BCUT2D eigenvalue weighted by molar-refractivity contribution is 5.61. The van der Waals surface area contributed by atoms with Crippen LogP contribution in [0.3, 0.4) is 0 Å². The Bertz CT molecular complexity index is 417. The molecule has 0 saturated heterocycles. The standard InChI is InChI=1S/C11H13NO/c1-3-9-10-6-4-5-7-12(10)8-11(9)13-2/h4-8H,3H2,1-2H3. The number of fused-ring (bicyclic) bond motifs is 1. The summed E-state index contributed by atoms with van der Waals surface area (Å²) in [6.45, 7) is 2.14. The van der Waals surface area contributed by atoms with Crippen LogP contribution in [-0.2, 0) is 6.42 Å². The van der Waals surface area contributed by atoms with Crippen LogP contribution in [0.25, 0.3) is 5.52 Å². The summed E-state index contributed by atoms with van der Waals surface area (Å²) in [5.74, 6) is 0.980. The van der Waals surface area contributed by atoms with Gasteiger partial charge in [-0.2, -0.15) is 0 Å². The van der Waals surface area contributed by atoms with Gasteiger partial charge in [-0.1, -0.05) is 13.0 Å². The molecule has 0 unspecified atom stereocenters. The van der Waals surface area contributed by atoms with E-state index in [-0.39, 0.29) is 0 Å². The van der Waals surface area contributed by atoms with Crippen LogP contribution in [0.1, 0.15) is 12.5 Å². The summed E-state index contributed by atoms with van der Waals surface area (Å²) in [7, 11) is 1.72. The first-order chi connectivity index (χ1) is 6.36. The molecular weight excluding hydrogens is 162 g/mol. The quantitative estimate of drug-likeness (QED) is 0.683. The van der Waals surface area contributed by atoms with Crippen molar-refractivity contribution in [2.45, 2.75) is 13.3 Å². The van der Waals surface area contributed by atoms with Gasteiger partial charge >= 0.3 is 0 Å². The van der Waals surface area contributed by atoms with Gasteiger partial charge in [-0.05, 0) is 18.6 Å². The van der Waals surface area contributed by atoms with E-state index >= 15 is 0 Å². The third kappa shape index (κ3) is 1.18. The van der Waals surface area contributed by atoms with Crippen LogP contribution in [0, 0.1) is 0 Å². The molecule has 0 aliphatic rings. The molecule has 2 aromatic rings. The van der Waals surface area contributed by atoms with E-state index in [2.05, 4.69) is 17.4 Å². The first-order valence-electron chi connectivity index (χ1n) is 4.49. The summed E-state index contributed by atoms with van der Waals surface area (Å²) in [5.41, 5.74) is 2.52. The maximum atomic E-state index is 5.30. The zero-order valence-electron chi connectivity index (χ0n) is 7.95. The number of aromatic nitrogens is 1. The SMILES string of the molecule is CCc1c(OC)cn2ccccc12. The molecule has 0 radical (unpaired) electrons. The Labute approximate surface area is 77.8 Å². The van der Waals surface area contributed by atoms with Crippen LogP contribution < -0.4 is 4.74 Å². The Kier molecular flexibility index (Phi) is 1.97. The molecule has 0 N–H and O–H groups in total. The van der Waals surface area contributed by atoms with E-state index in [9.17, 15) is 0 Å². The molecule has 0 bridgehead atoms. The van der Waals surface area contributed by atoms with E-state index in [1.165, 1.54) is 11.1 Å². The highest BCUT2D eigenvalue weighted by atomic mass is 16.5. The summed E-state index contributed by atoms with van der Waals surface area (Å²) >= 11 is 0. The van der Waals surface area contributed by atoms with Crippen molar-refractivity contribution in [2.24, 2.45) is 0 Å².